The number of hydrogen-bond donors (Lipinski definition) is 3. The van der Waals surface area contributed by atoms with E-state index in [2.05, 4.69) is 55.6 Å². The van der Waals surface area contributed by atoms with Crippen molar-refractivity contribution in [3.8, 4) is 33.1 Å². The van der Waals surface area contributed by atoms with Crippen LogP contribution in [0.2, 0.25) is 0 Å². The standard InChI is InChI=1S/C28H25N7OS/c1-15-5-8-24(37-15)19-13-30-14-23-18(19)10-22(32-23)26-25-21(34-35-26)7-6-20(33-25)16-9-17(12-29-11-16)31-27(36)28(2,3)4/h5-14,32H,1-4H3,(H,31,36)(H,34,35). The lowest BCUT2D eigenvalue weighted by molar-refractivity contribution is -0.123. The molecule has 0 bridgehead atoms. The van der Waals surface area contributed by atoms with E-state index in [1.165, 1.54) is 9.75 Å². The zero-order chi connectivity index (χ0) is 25.7. The summed E-state index contributed by atoms with van der Waals surface area (Å²) in [5, 5.41) is 11.7. The maximum atomic E-state index is 12.4. The van der Waals surface area contributed by atoms with Crippen LogP contribution in [0.5, 0.6) is 0 Å². The van der Waals surface area contributed by atoms with E-state index < -0.39 is 5.41 Å². The topological polar surface area (TPSA) is 112 Å². The molecule has 9 heteroatoms. The van der Waals surface area contributed by atoms with Gasteiger partial charge in [0, 0.05) is 44.1 Å². The molecule has 3 N–H and O–H groups in total. The van der Waals surface area contributed by atoms with Crippen molar-refractivity contribution >= 4 is 44.9 Å². The molecule has 1 amide bonds. The molecule has 0 unspecified atom stereocenters. The highest BCUT2D eigenvalue weighted by Gasteiger charge is 2.21. The lowest BCUT2D eigenvalue weighted by atomic mass is 9.95. The molecular formula is C28H25N7OS. The highest BCUT2D eigenvalue weighted by Crippen LogP contribution is 2.36. The number of anilines is 1. The van der Waals surface area contributed by atoms with Crippen molar-refractivity contribution in [1.29, 1.82) is 0 Å². The van der Waals surface area contributed by atoms with Crippen LogP contribution in [0.15, 0.2) is 61.2 Å². The van der Waals surface area contributed by atoms with Gasteiger partial charge in [-0.15, -0.1) is 11.3 Å². The molecule has 6 rings (SSSR count). The highest BCUT2D eigenvalue weighted by molar-refractivity contribution is 7.15. The number of nitrogens with one attached hydrogen (secondary N) is 3. The Hall–Kier alpha value is -4.37. The van der Waals surface area contributed by atoms with Crippen molar-refractivity contribution in [2.45, 2.75) is 27.7 Å². The van der Waals surface area contributed by atoms with Gasteiger partial charge in [0.2, 0.25) is 5.91 Å². The molecular weight excluding hydrogens is 482 g/mol. The third kappa shape index (κ3) is 4.27. The molecule has 0 aromatic carbocycles. The normalized spacial score (nSPS) is 11.9. The second-order valence-electron chi connectivity index (χ2n) is 10.1. The summed E-state index contributed by atoms with van der Waals surface area (Å²) < 4.78 is 0. The van der Waals surface area contributed by atoms with E-state index in [0.717, 1.165) is 50.1 Å². The number of nitrogens with zero attached hydrogens (tertiary/aromatic N) is 4. The monoisotopic (exact) mass is 507 g/mol. The minimum Gasteiger partial charge on any atom is -0.352 e. The van der Waals surface area contributed by atoms with Crippen molar-refractivity contribution in [3.05, 3.63) is 66.1 Å². The number of thiophene rings is 1. The molecule has 0 radical (unpaired) electrons. The fourth-order valence-corrected chi connectivity index (χ4v) is 5.06. The number of rotatable bonds is 4. The molecule has 6 aromatic rings. The molecule has 0 aliphatic rings. The Kier molecular flexibility index (Phi) is 5.38. The van der Waals surface area contributed by atoms with Crippen LogP contribution in [0.4, 0.5) is 5.69 Å². The van der Waals surface area contributed by atoms with Crippen LogP contribution < -0.4 is 5.32 Å². The van der Waals surface area contributed by atoms with E-state index in [1.807, 2.05) is 51.4 Å². The Morgan fingerprint density at radius 1 is 0.973 bits per heavy atom. The summed E-state index contributed by atoms with van der Waals surface area (Å²) >= 11 is 1.75. The first-order valence-corrected chi connectivity index (χ1v) is 12.7. The summed E-state index contributed by atoms with van der Waals surface area (Å²) in [5.74, 6) is -0.0719. The smallest absolute Gasteiger partial charge is 0.229 e. The zero-order valence-corrected chi connectivity index (χ0v) is 21.7. The molecule has 8 nitrogen and oxygen atoms in total. The van der Waals surface area contributed by atoms with Crippen molar-refractivity contribution < 1.29 is 4.79 Å². The van der Waals surface area contributed by atoms with Gasteiger partial charge in [0.25, 0.3) is 0 Å². The van der Waals surface area contributed by atoms with Crippen LogP contribution in [-0.4, -0.2) is 36.0 Å². The van der Waals surface area contributed by atoms with Crippen LogP contribution in [0.25, 0.3) is 55.0 Å². The Balaban J connectivity index is 1.40. The summed E-state index contributed by atoms with van der Waals surface area (Å²) in [5.41, 5.74) is 6.86. The van der Waals surface area contributed by atoms with E-state index in [4.69, 9.17) is 4.98 Å². The maximum Gasteiger partial charge on any atom is 0.229 e. The SMILES string of the molecule is Cc1ccc(-c2cncc3[nH]c(-c4n[nH]c5ccc(-c6cncc(NC(=O)C(C)(C)C)c6)nc45)cc23)s1. The number of carbonyl (C=O) groups is 1. The average molecular weight is 508 g/mol. The quantitative estimate of drug-likeness (QED) is 0.249. The fourth-order valence-electron chi connectivity index (χ4n) is 4.17. The highest BCUT2D eigenvalue weighted by atomic mass is 32.1. The van der Waals surface area contributed by atoms with Gasteiger partial charge >= 0.3 is 0 Å². The summed E-state index contributed by atoms with van der Waals surface area (Å²) in [6.07, 6.45) is 7.12. The third-order valence-electron chi connectivity index (χ3n) is 6.19. The van der Waals surface area contributed by atoms with E-state index in [0.29, 0.717) is 5.69 Å². The summed E-state index contributed by atoms with van der Waals surface area (Å²) in [6, 6.07) is 12.1. The van der Waals surface area contributed by atoms with Crippen LogP contribution in [0.3, 0.4) is 0 Å². The first-order valence-electron chi connectivity index (χ1n) is 11.9. The molecule has 0 aliphatic heterocycles. The number of aryl methyl sites for hydroxylation is 1. The minimum atomic E-state index is -0.504. The second-order valence-corrected chi connectivity index (χ2v) is 11.4. The molecule has 0 spiro atoms. The van der Waals surface area contributed by atoms with Gasteiger partial charge in [-0.05, 0) is 43.3 Å². The molecule has 0 atom stereocenters. The first kappa shape index (κ1) is 23.1. The van der Waals surface area contributed by atoms with Crippen molar-refractivity contribution in [1.82, 2.24) is 30.1 Å². The first-order chi connectivity index (χ1) is 17.8. The van der Waals surface area contributed by atoms with Crippen molar-refractivity contribution in [3.63, 3.8) is 0 Å². The van der Waals surface area contributed by atoms with Gasteiger partial charge in [-0.3, -0.25) is 19.9 Å². The molecule has 0 aliphatic carbocycles. The lowest BCUT2D eigenvalue weighted by Gasteiger charge is -2.17. The number of H-pyrrole nitrogens is 2. The van der Waals surface area contributed by atoms with Crippen LogP contribution in [0, 0.1) is 12.3 Å². The Labute approximate surface area is 217 Å². The van der Waals surface area contributed by atoms with Crippen molar-refractivity contribution in [2.75, 3.05) is 5.32 Å². The molecule has 0 saturated heterocycles. The largest absolute Gasteiger partial charge is 0.352 e. The van der Waals surface area contributed by atoms with Gasteiger partial charge in [0.15, 0.2) is 0 Å². The molecule has 6 heterocycles. The number of amides is 1. The van der Waals surface area contributed by atoms with Gasteiger partial charge in [-0.2, -0.15) is 5.10 Å². The molecule has 6 aromatic heterocycles. The van der Waals surface area contributed by atoms with Gasteiger partial charge in [-0.1, -0.05) is 20.8 Å². The van der Waals surface area contributed by atoms with Gasteiger partial charge in [0.05, 0.1) is 40.5 Å². The Morgan fingerprint density at radius 3 is 2.59 bits per heavy atom. The average Bonchev–Trinajstić information content (AvgIpc) is 3.60. The van der Waals surface area contributed by atoms with Crippen LogP contribution in [0.1, 0.15) is 25.6 Å². The minimum absolute atomic E-state index is 0.0719. The predicted octanol–water partition coefficient (Wildman–Crippen LogP) is 6.58. The Bertz CT molecular complexity index is 1790. The summed E-state index contributed by atoms with van der Waals surface area (Å²) in [7, 11) is 0. The summed E-state index contributed by atoms with van der Waals surface area (Å²) in [6.45, 7) is 7.73. The van der Waals surface area contributed by atoms with Crippen LogP contribution in [-0.2, 0) is 4.79 Å². The number of aromatic amines is 2. The molecule has 0 saturated carbocycles. The van der Waals surface area contributed by atoms with Crippen LogP contribution >= 0.6 is 11.3 Å². The summed E-state index contributed by atoms with van der Waals surface area (Å²) in [4.78, 5) is 32.0. The van der Waals surface area contributed by atoms with E-state index in [9.17, 15) is 4.79 Å². The van der Waals surface area contributed by atoms with Gasteiger partial charge in [-0.25, -0.2) is 4.98 Å². The van der Waals surface area contributed by atoms with Crippen molar-refractivity contribution in [2.24, 2.45) is 5.41 Å². The van der Waals surface area contributed by atoms with E-state index >= 15 is 0 Å². The molecule has 184 valence electrons. The lowest BCUT2D eigenvalue weighted by Crippen LogP contribution is -2.27. The molecule has 37 heavy (non-hydrogen) atoms. The van der Waals surface area contributed by atoms with Gasteiger partial charge in [0.1, 0.15) is 11.2 Å². The van der Waals surface area contributed by atoms with E-state index in [-0.39, 0.29) is 5.91 Å². The number of hydrogen-bond acceptors (Lipinski definition) is 6. The zero-order valence-electron chi connectivity index (χ0n) is 20.9. The number of fused-ring (bicyclic) bond motifs is 2. The number of pyridine rings is 3. The maximum absolute atomic E-state index is 12.4. The fraction of sp³-hybridized carbons (Fsp3) is 0.179. The van der Waals surface area contributed by atoms with E-state index in [1.54, 1.807) is 23.7 Å². The Morgan fingerprint density at radius 2 is 1.81 bits per heavy atom. The third-order valence-corrected chi connectivity index (χ3v) is 7.22. The number of carbonyl (C=O) groups excluding carboxylic acids is 1. The van der Waals surface area contributed by atoms with Gasteiger partial charge < -0.3 is 10.3 Å². The number of aromatic nitrogens is 6. The predicted molar refractivity (Wildman–Crippen MR) is 148 cm³/mol. The second kappa shape index (κ2) is 8.63. The molecule has 0 fully saturated rings.